The molecule has 3 fully saturated rings. The minimum Gasteiger partial charge on any atom is -0.369 e. The summed E-state index contributed by atoms with van der Waals surface area (Å²) >= 11 is 3.64. The number of carbonyl (C=O) groups excluding carboxylic acids is 3. The molecule has 5 aliphatic rings. The van der Waals surface area contributed by atoms with Gasteiger partial charge in [-0.05, 0) is 76.8 Å². The Hall–Kier alpha value is -2.69. The van der Waals surface area contributed by atoms with Crippen LogP contribution < -0.4 is 5.73 Å². The Morgan fingerprint density at radius 2 is 1.86 bits per heavy atom. The Balaban J connectivity index is 0.000000152. The Labute approximate surface area is 256 Å². The summed E-state index contributed by atoms with van der Waals surface area (Å²) in [5, 5.41) is 1.27. The number of nitrogens with zero attached hydrogens (tertiary/aromatic N) is 3. The zero-order valence-electron chi connectivity index (χ0n) is 25.5. The van der Waals surface area contributed by atoms with Crippen molar-refractivity contribution in [3.8, 4) is 0 Å². The van der Waals surface area contributed by atoms with Crippen LogP contribution in [0, 0.1) is 17.8 Å². The fourth-order valence-corrected chi connectivity index (χ4v) is 7.36. The number of nitrogens with one attached hydrogen (secondary N) is 1. The molecule has 3 amide bonds. The molecule has 1 aromatic heterocycles. The number of benzene rings is 1. The third kappa shape index (κ3) is 5.65. The molecule has 2 aromatic rings. The molecule has 228 valence electrons. The van der Waals surface area contributed by atoms with Crippen molar-refractivity contribution in [3.05, 3.63) is 40.0 Å². The largest absolute Gasteiger partial charge is 0.369 e. The fraction of sp³-hybridized carbons (Fsp3) is 0.594. The standard InChI is InChI=1S/C16H16BrN3O.C12H18N2O3.C4H10/c1-20-7-8(16(18)21)5-10-9-3-2-4-12-14(9)11(6-13(10)20)15(17)19-12;1-7(2)10-11(16)14-6-9(15)13-5-3-4-8(13)12(14)17-10;1-4(2)3/h2-5,8,13,19H,6-7H2,1H3,(H2,18,21);7-8,10,12H,3-6H2,1-2H3;4H,1-3H3. The molecule has 0 radical (unpaired) electrons. The number of likely N-dealkylation sites (N-methyl/N-ethyl adjacent to an activating group) is 1. The van der Waals surface area contributed by atoms with Crippen LogP contribution in [0.3, 0.4) is 0 Å². The summed E-state index contributed by atoms with van der Waals surface area (Å²) in [6.07, 6.45) is 4.43. The van der Waals surface area contributed by atoms with Crippen molar-refractivity contribution >= 4 is 50.1 Å². The maximum absolute atomic E-state index is 12.1. The second-order valence-corrected chi connectivity index (χ2v) is 13.9. The van der Waals surface area contributed by atoms with E-state index in [-0.39, 0.29) is 54.5 Å². The first-order chi connectivity index (χ1) is 19.9. The van der Waals surface area contributed by atoms with Gasteiger partial charge in [0.05, 0.1) is 16.6 Å². The number of aromatic nitrogens is 1. The quantitative estimate of drug-likeness (QED) is 0.512. The number of amides is 3. The van der Waals surface area contributed by atoms with Gasteiger partial charge >= 0.3 is 0 Å². The topological polar surface area (TPSA) is 112 Å². The first-order valence-corrected chi connectivity index (χ1v) is 15.9. The van der Waals surface area contributed by atoms with Crippen molar-refractivity contribution in [2.75, 3.05) is 26.7 Å². The molecule has 1 aromatic carbocycles. The van der Waals surface area contributed by atoms with Gasteiger partial charge in [-0.15, -0.1) is 0 Å². The summed E-state index contributed by atoms with van der Waals surface area (Å²) in [5.74, 6) is 0.606. The number of aromatic amines is 1. The predicted octanol–water partition coefficient (Wildman–Crippen LogP) is 4.15. The van der Waals surface area contributed by atoms with Gasteiger partial charge in [-0.25, -0.2) is 0 Å². The van der Waals surface area contributed by atoms with Crippen molar-refractivity contribution < 1.29 is 19.1 Å². The number of H-pyrrole nitrogens is 1. The Bertz CT molecular complexity index is 1400. The summed E-state index contributed by atoms with van der Waals surface area (Å²) < 4.78 is 6.95. The lowest BCUT2D eigenvalue weighted by molar-refractivity contribution is -0.153. The fourth-order valence-electron chi connectivity index (χ4n) is 6.79. The van der Waals surface area contributed by atoms with Crippen LogP contribution in [0.4, 0.5) is 0 Å². The van der Waals surface area contributed by atoms with Gasteiger partial charge < -0.3 is 25.3 Å². The number of rotatable bonds is 2. The number of halogens is 1. The lowest BCUT2D eigenvalue weighted by atomic mass is 9.80. The maximum Gasteiger partial charge on any atom is 0.254 e. The van der Waals surface area contributed by atoms with Gasteiger partial charge in [0.2, 0.25) is 11.8 Å². The van der Waals surface area contributed by atoms with E-state index in [1.807, 2.05) is 18.7 Å². The average Bonchev–Trinajstić information content (AvgIpc) is 3.62. The molecular formula is C32H44BrN5O4. The van der Waals surface area contributed by atoms with E-state index >= 15 is 0 Å². The van der Waals surface area contributed by atoms with Gasteiger partial charge in [-0.1, -0.05) is 52.8 Å². The van der Waals surface area contributed by atoms with E-state index in [0.29, 0.717) is 12.6 Å². The molecule has 3 saturated heterocycles. The van der Waals surface area contributed by atoms with Gasteiger partial charge in [-0.3, -0.25) is 19.3 Å². The number of hydrogen-bond acceptors (Lipinski definition) is 5. The lowest BCUT2D eigenvalue weighted by Crippen LogP contribution is -2.58. The molecule has 7 rings (SSSR count). The van der Waals surface area contributed by atoms with Crippen molar-refractivity contribution in [1.82, 2.24) is 19.7 Å². The van der Waals surface area contributed by atoms with Gasteiger partial charge in [0.25, 0.3) is 5.91 Å². The second-order valence-electron chi connectivity index (χ2n) is 13.1. The van der Waals surface area contributed by atoms with E-state index in [1.54, 1.807) is 4.90 Å². The average molecular weight is 643 g/mol. The summed E-state index contributed by atoms with van der Waals surface area (Å²) in [6.45, 7) is 12.2. The first kappa shape index (κ1) is 30.8. The minimum atomic E-state index is -0.367. The van der Waals surface area contributed by atoms with Crippen molar-refractivity contribution in [1.29, 1.82) is 0 Å². The van der Waals surface area contributed by atoms with E-state index in [2.05, 4.69) is 77.9 Å². The molecule has 4 aliphatic heterocycles. The number of primary amides is 1. The Morgan fingerprint density at radius 1 is 1.14 bits per heavy atom. The van der Waals surface area contributed by atoms with Gasteiger partial charge in [0, 0.05) is 30.0 Å². The van der Waals surface area contributed by atoms with E-state index < -0.39 is 0 Å². The third-order valence-corrected chi connectivity index (χ3v) is 9.36. The molecule has 42 heavy (non-hydrogen) atoms. The third-order valence-electron chi connectivity index (χ3n) is 8.69. The van der Waals surface area contributed by atoms with Gasteiger partial charge in [-0.2, -0.15) is 0 Å². The van der Waals surface area contributed by atoms with Crippen LogP contribution in [0.15, 0.2) is 28.9 Å². The number of piperazine rings is 1. The number of carbonyl (C=O) groups is 3. The lowest BCUT2D eigenvalue weighted by Gasteiger charge is -2.39. The number of hydrogen-bond donors (Lipinski definition) is 2. The Kier molecular flexibility index (Phi) is 8.88. The van der Waals surface area contributed by atoms with Crippen LogP contribution in [-0.2, 0) is 25.5 Å². The van der Waals surface area contributed by atoms with Crippen LogP contribution in [0.25, 0.3) is 16.5 Å². The predicted molar refractivity (Wildman–Crippen MR) is 167 cm³/mol. The second kappa shape index (κ2) is 12.1. The molecule has 1 aliphatic carbocycles. The molecule has 0 spiro atoms. The van der Waals surface area contributed by atoms with E-state index in [4.69, 9.17) is 10.5 Å². The minimum absolute atomic E-state index is 0.00935. The molecule has 5 heterocycles. The normalized spacial score (nSPS) is 28.1. The van der Waals surface area contributed by atoms with E-state index in [1.165, 1.54) is 22.1 Å². The number of fused-ring (bicyclic) bond motifs is 5. The van der Waals surface area contributed by atoms with Crippen molar-refractivity contribution in [3.63, 3.8) is 0 Å². The molecule has 9 nitrogen and oxygen atoms in total. The zero-order chi connectivity index (χ0) is 30.5. The summed E-state index contributed by atoms with van der Waals surface area (Å²) in [5.41, 5.74) is 10.4. The van der Waals surface area contributed by atoms with Crippen LogP contribution >= 0.6 is 15.9 Å². The highest BCUT2D eigenvalue weighted by atomic mass is 79.9. The smallest absolute Gasteiger partial charge is 0.254 e. The summed E-state index contributed by atoms with van der Waals surface area (Å²) in [4.78, 5) is 44.8. The van der Waals surface area contributed by atoms with Crippen LogP contribution in [0.1, 0.15) is 58.6 Å². The highest BCUT2D eigenvalue weighted by Crippen LogP contribution is 2.43. The van der Waals surface area contributed by atoms with E-state index in [0.717, 1.165) is 41.8 Å². The van der Waals surface area contributed by atoms with Crippen molar-refractivity contribution in [2.45, 2.75) is 78.3 Å². The number of nitrogens with two attached hydrogens (primary N) is 1. The molecular weight excluding hydrogens is 598 g/mol. The first-order valence-electron chi connectivity index (χ1n) is 15.1. The van der Waals surface area contributed by atoms with Gasteiger partial charge in [0.1, 0.15) is 12.6 Å². The summed E-state index contributed by atoms with van der Waals surface area (Å²) in [7, 11) is 2.07. The molecule has 0 bridgehead atoms. The molecule has 3 N–H and O–H groups in total. The highest BCUT2D eigenvalue weighted by molar-refractivity contribution is 9.10. The van der Waals surface area contributed by atoms with Crippen molar-refractivity contribution in [2.24, 2.45) is 23.5 Å². The SMILES string of the molecule is CC(C)C.CC(C)C1OC2C3CCCN3C(=O)CN2C1=O.CN1CC(C(N)=O)C=C2c3cccc4[nH]c(Br)c(c34)CC21. The Morgan fingerprint density at radius 3 is 2.52 bits per heavy atom. The van der Waals surface area contributed by atoms with Crippen LogP contribution in [-0.4, -0.2) is 88.5 Å². The van der Waals surface area contributed by atoms with Crippen LogP contribution in [0.2, 0.25) is 0 Å². The zero-order valence-corrected chi connectivity index (χ0v) is 27.1. The molecule has 0 saturated carbocycles. The highest BCUT2D eigenvalue weighted by Gasteiger charge is 2.52. The monoisotopic (exact) mass is 641 g/mol. The number of ether oxygens (including phenoxy) is 1. The maximum atomic E-state index is 12.1. The summed E-state index contributed by atoms with van der Waals surface area (Å²) in [6, 6.07) is 6.68. The van der Waals surface area contributed by atoms with E-state index in [9.17, 15) is 14.4 Å². The molecule has 5 unspecified atom stereocenters. The molecule has 10 heteroatoms. The molecule has 5 atom stereocenters. The van der Waals surface area contributed by atoms with Crippen LogP contribution in [0.5, 0.6) is 0 Å². The van der Waals surface area contributed by atoms with Gasteiger partial charge in [0.15, 0.2) is 6.23 Å².